The zero-order valence-electron chi connectivity index (χ0n) is 13.3. The van der Waals surface area contributed by atoms with Crippen molar-refractivity contribution < 1.29 is 18.1 Å². The fraction of sp³-hybridized carbons (Fsp3) is 0.0667. The number of nitrogens with one attached hydrogen (secondary N) is 1. The number of aromatic nitrogens is 2. The zero-order valence-corrected chi connectivity index (χ0v) is 15.0. The van der Waals surface area contributed by atoms with E-state index in [1.54, 1.807) is 31.4 Å². The van der Waals surface area contributed by atoms with E-state index in [1.807, 2.05) is 0 Å². The molecule has 0 bridgehead atoms. The summed E-state index contributed by atoms with van der Waals surface area (Å²) in [6.07, 6.45) is 0. The fourth-order valence-electron chi connectivity index (χ4n) is 2.04. The first kappa shape index (κ1) is 17.8. The minimum Gasteiger partial charge on any atom is -0.497 e. The molecule has 0 amide bonds. The molecule has 0 saturated heterocycles. The molecule has 9 nitrogen and oxygen atoms in total. The van der Waals surface area contributed by atoms with Gasteiger partial charge < -0.3 is 4.74 Å². The van der Waals surface area contributed by atoms with E-state index in [4.69, 9.17) is 4.74 Å². The lowest BCUT2D eigenvalue weighted by Crippen LogP contribution is -2.12. The van der Waals surface area contributed by atoms with Crippen LogP contribution >= 0.6 is 11.3 Å². The van der Waals surface area contributed by atoms with Crippen LogP contribution in [0.1, 0.15) is 0 Å². The van der Waals surface area contributed by atoms with Crippen LogP contribution in [0.15, 0.2) is 53.4 Å². The highest BCUT2D eigenvalue weighted by Crippen LogP contribution is 2.29. The average molecular weight is 392 g/mol. The van der Waals surface area contributed by atoms with Gasteiger partial charge in [0.1, 0.15) is 10.8 Å². The Labute approximate surface area is 152 Å². The molecule has 0 atom stereocenters. The second kappa shape index (κ2) is 7.06. The maximum absolute atomic E-state index is 12.4. The molecule has 0 aliphatic rings. The first-order valence-corrected chi connectivity index (χ1v) is 9.44. The van der Waals surface area contributed by atoms with Crippen molar-refractivity contribution in [2.24, 2.45) is 0 Å². The summed E-state index contributed by atoms with van der Waals surface area (Å²) >= 11 is 1.07. The minimum absolute atomic E-state index is 0.0918. The molecule has 3 rings (SSSR count). The van der Waals surface area contributed by atoms with E-state index < -0.39 is 14.9 Å². The number of ether oxygens (including phenoxy) is 1. The SMILES string of the molecule is COc1ccc(-c2nnc(NS(=O)(=O)c3ccc([N+](=O)[O-])cc3)s2)cc1. The fourth-order valence-corrected chi connectivity index (χ4v) is 4.01. The van der Waals surface area contributed by atoms with E-state index >= 15 is 0 Å². The number of hydrogen-bond donors (Lipinski definition) is 1. The van der Waals surface area contributed by atoms with Crippen molar-refractivity contribution in [1.82, 2.24) is 10.2 Å². The van der Waals surface area contributed by atoms with Gasteiger partial charge in [-0.25, -0.2) is 8.42 Å². The molecule has 0 aliphatic heterocycles. The normalized spacial score (nSPS) is 11.1. The Kier molecular flexibility index (Phi) is 4.82. The molecule has 26 heavy (non-hydrogen) atoms. The molecule has 134 valence electrons. The Bertz CT molecular complexity index is 1030. The number of methoxy groups -OCH3 is 1. The van der Waals surface area contributed by atoms with Gasteiger partial charge in [-0.15, -0.1) is 10.2 Å². The maximum Gasteiger partial charge on any atom is 0.269 e. The van der Waals surface area contributed by atoms with Crippen LogP contribution < -0.4 is 9.46 Å². The van der Waals surface area contributed by atoms with Crippen LogP contribution in [0.25, 0.3) is 10.6 Å². The summed E-state index contributed by atoms with van der Waals surface area (Å²) in [5.41, 5.74) is 0.575. The van der Waals surface area contributed by atoms with Gasteiger partial charge in [0.2, 0.25) is 5.13 Å². The summed E-state index contributed by atoms with van der Waals surface area (Å²) in [4.78, 5) is 9.94. The summed E-state index contributed by atoms with van der Waals surface area (Å²) in [5.74, 6) is 0.692. The molecule has 2 aromatic carbocycles. The molecule has 0 unspecified atom stereocenters. The highest BCUT2D eigenvalue weighted by atomic mass is 32.2. The molecule has 0 spiro atoms. The molecule has 0 saturated carbocycles. The van der Waals surface area contributed by atoms with Crippen molar-refractivity contribution in [2.75, 3.05) is 11.8 Å². The minimum atomic E-state index is -3.92. The van der Waals surface area contributed by atoms with Gasteiger partial charge in [-0.1, -0.05) is 11.3 Å². The molecule has 11 heteroatoms. The van der Waals surface area contributed by atoms with Gasteiger partial charge in [0.15, 0.2) is 0 Å². The molecule has 3 aromatic rings. The van der Waals surface area contributed by atoms with Gasteiger partial charge in [0.05, 0.1) is 16.9 Å². The first-order valence-electron chi connectivity index (χ1n) is 7.14. The molecule has 0 radical (unpaired) electrons. The second-order valence-electron chi connectivity index (χ2n) is 5.00. The molecule has 1 heterocycles. The number of nitrogens with zero attached hydrogens (tertiary/aromatic N) is 3. The number of sulfonamides is 1. The smallest absolute Gasteiger partial charge is 0.269 e. The third kappa shape index (κ3) is 3.78. The Hall–Kier alpha value is -3.05. The average Bonchev–Trinajstić information content (AvgIpc) is 3.09. The van der Waals surface area contributed by atoms with E-state index in [-0.39, 0.29) is 15.7 Å². The lowest BCUT2D eigenvalue weighted by molar-refractivity contribution is -0.384. The van der Waals surface area contributed by atoms with E-state index in [1.165, 1.54) is 0 Å². The molecular weight excluding hydrogens is 380 g/mol. The van der Waals surface area contributed by atoms with Gasteiger partial charge in [-0.05, 0) is 36.4 Å². The van der Waals surface area contributed by atoms with Crippen LogP contribution in [-0.4, -0.2) is 30.6 Å². The molecule has 1 aromatic heterocycles. The molecule has 0 aliphatic carbocycles. The van der Waals surface area contributed by atoms with Crippen LogP contribution in [0, 0.1) is 10.1 Å². The summed E-state index contributed by atoms with van der Waals surface area (Å²) in [5, 5.41) is 19.1. The van der Waals surface area contributed by atoms with Gasteiger partial charge in [0, 0.05) is 17.7 Å². The van der Waals surface area contributed by atoms with Gasteiger partial charge in [-0.2, -0.15) is 0 Å². The standard InChI is InChI=1S/C15H12N4O5S2/c1-24-12-6-2-10(3-7-12)14-16-17-15(25-14)18-26(22,23)13-8-4-11(5-9-13)19(20)21/h2-9H,1H3,(H,17,18). The maximum atomic E-state index is 12.4. The second-order valence-corrected chi connectivity index (χ2v) is 7.66. The number of anilines is 1. The number of benzene rings is 2. The van der Waals surface area contributed by atoms with Crippen LogP contribution in [0.3, 0.4) is 0 Å². The number of nitro groups is 1. The topological polar surface area (TPSA) is 124 Å². The monoisotopic (exact) mass is 392 g/mol. The number of hydrogen-bond acceptors (Lipinski definition) is 8. The highest BCUT2D eigenvalue weighted by molar-refractivity contribution is 7.93. The largest absolute Gasteiger partial charge is 0.497 e. The van der Waals surface area contributed by atoms with E-state index in [9.17, 15) is 18.5 Å². The lowest BCUT2D eigenvalue weighted by Gasteiger charge is -2.04. The van der Waals surface area contributed by atoms with Crippen LogP contribution in [0.2, 0.25) is 0 Å². The van der Waals surface area contributed by atoms with Gasteiger partial charge in [-0.3, -0.25) is 14.8 Å². The van der Waals surface area contributed by atoms with Crippen molar-refractivity contribution in [1.29, 1.82) is 0 Å². The number of non-ortho nitro benzene ring substituents is 1. The Morgan fingerprint density at radius 1 is 1.08 bits per heavy atom. The summed E-state index contributed by atoms with van der Waals surface area (Å²) < 4.78 is 32.1. The molecular formula is C15H12N4O5S2. The van der Waals surface area contributed by atoms with E-state index in [2.05, 4.69) is 14.9 Å². The van der Waals surface area contributed by atoms with Crippen LogP contribution in [0.4, 0.5) is 10.8 Å². The number of rotatable bonds is 6. The number of nitro benzene ring substituents is 1. The Morgan fingerprint density at radius 2 is 1.73 bits per heavy atom. The van der Waals surface area contributed by atoms with Gasteiger partial charge >= 0.3 is 0 Å². The zero-order chi connectivity index (χ0) is 18.7. The van der Waals surface area contributed by atoms with E-state index in [0.717, 1.165) is 41.2 Å². The quantitative estimate of drug-likeness (QED) is 0.505. The van der Waals surface area contributed by atoms with Crippen molar-refractivity contribution in [2.45, 2.75) is 4.90 Å². The molecule has 1 N–H and O–H groups in total. The van der Waals surface area contributed by atoms with Crippen molar-refractivity contribution in [3.8, 4) is 16.3 Å². The van der Waals surface area contributed by atoms with Gasteiger partial charge in [0.25, 0.3) is 15.7 Å². The van der Waals surface area contributed by atoms with Crippen LogP contribution in [0.5, 0.6) is 5.75 Å². The van der Waals surface area contributed by atoms with Crippen molar-refractivity contribution in [3.05, 3.63) is 58.6 Å². The Morgan fingerprint density at radius 3 is 2.31 bits per heavy atom. The Balaban J connectivity index is 1.79. The third-order valence-corrected chi connectivity index (χ3v) is 5.71. The van der Waals surface area contributed by atoms with Crippen molar-refractivity contribution in [3.63, 3.8) is 0 Å². The highest BCUT2D eigenvalue weighted by Gasteiger charge is 2.18. The first-order chi connectivity index (χ1) is 12.4. The summed E-state index contributed by atoms with van der Waals surface area (Å²) in [6.45, 7) is 0. The third-order valence-electron chi connectivity index (χ3n) is 3.34. The molecule has 0 fully saturated rings. The summed E-state index contributed by atoms with van der Waals surface area (Å²) in [6, 6.07) is 11.7. The van der Waals surface area contributed by atoms with E-state index in [0.29, 0.717) is 10.8 Å². The predicted octanol–water partition coefficient (Wildman–Crippen LogP) is 2.92. The summed E-state index contributed by atoms with van der Waals surface area (Å²) in [7, 11) is -2.36. The van der Waals surface area contributed by atoms with Crippen molar-refractivity contribution >= 4 is 32.2 Å². The predicted molar refractivity (Wildman–Crippen MR) is 95.8 cm³/mol. The lowest BCUT2D eigenvalue weighted by atomic mass is 10.2. The van der Waals surface area contributed by atoms with Crippen LogP contribution in [-0.2, 0) is 10.0 Å².